The van der Waals surface area contributed by atoms with Crippen LogP contribution < -0.4 is 5.32 Å². The van der Waals surface area contributed by atoms with Gasteiger partial charge in [0.15, 0.2) is 0 Å². The van der Waals surface area contributed by atoms with E-state index in [1.807, 2.05) is 0 Å². The topological polar surface area (TPSA) is 81.4 Å². The standard InChI is InChI=1S/C15H15FN2O4/c1-8-12(9(2)22-18-8)7-14(19)17-13-6-10(16)4-5-11(13)15(20)21-3/h4-6H,7H2,1-3H3,(H,17,19). The molecular formula is C15H15FN2O4. The maximum Gasteiger partial charge on any atom is 0.339 e. The fraction of sp³-hybridized carbons (Fsp3) is 0.267. The van der Waals surface area contributed by atoms with E-state index in [4.69, 9.17) is 4.52 Å². The lowest BCUT2D eigenvalue weighted by atomic mass is 10.1. The molecule has 0 radical (unpaired) electrons. The van der Waals surface area contributed by atoms with Gasteiger partial charge in [-0.1, -0.05) is 5.16 Å². The van der Waals surface area contributed by atoms with Crippen LogP contribution in [0.4, 0.5) is 10.1 Å². The first-order chi connectivity index (χ1) is 10.4. The quantitative estimate of drug-likeness (QED) is 0.877. The highest BCUT2D eigenvalue weighted by Gasteiger charge is 2.17. The van der Waals surface area contributed by atoms with Gasteiger partial charge in [0.2, 0.25) is 5.91 Å². The summed E-state index contributed by atoms with van der Waals surface area (Å²) >= 11 is 0. The molecule has 0 atom stereocenters. The Kier molecular flexibility index (Phi) is 4.55. The molecule has 7 heteroatoms. The van der Waals surface area contributed by atoms with Crippen molar-refractivity contribution >= 4 is 17.6 Å². The number of esters is 1. The van der Waals surface area contributed by atoms with E-state index in [-0.39, 0.29) is 17.7 Å². The van der Waals surface area contributed by atoms with Gasteiger partial charge in [0, 0.05) is 5.56 Å². The molecule has 0 aliphatic carbocycles. The summed E-state index contributed by atoms with van der Waals surface area (Å²) in [5.41, 5.74) is 1.41. The van der Waals surface area contributed by atoms with Crippen LogP contribution in [0.15, 0.2) is 22.7 Å². The Bertz CT molecular complexity index is 705. The molecule has 22 heavy (non-hydrogen) atoms. The second-order valence-electron chi connectivity index (χ2n) is 4.71. The Morgan fingerprint density at radius 1 is 1.36 bits per heavy atom. The van der Waals surface area contributed by atoms with Gasteiger partial charge in [-0.05, 0) is 32.0 Å². The number of amides is 1. The van der Waals surface area contributed by atoms with Crippen LogP contribution in [0.2, 0.25) is 0 Å². The third-order valence-corrected chi connectivity index (χ3v) is 3.18. The van der Waals surface area contributed by atoms with Crippen molar-refractivity contribution in [2.45, 2.75) is 20.3 Å². The number of methoxy groups -OCH3 is 1. The summed E-state index contributed by atoms with van der Waals surface area (Å²) in [7, 11) is 1.21. The third kappa shape index (κ3) is 3.30. The molecule has 0 aliphatic rings. The fourth-order valence-electron chi connectivity index (χ4n) is 2.02. The SMILES string of the molecule is COC(=O)c1ccc(F)cc1NC(=O)Cc1c(C)noc1C. The van der Waals surface area contributed by atoms with Crippen LogP contribution in [0, 0.1) is 19.7 Å². The smallest absolute Gasteiger partial charge is 0.339 e. The summed E-state index contributed by atoms with van der Waals surface area (Å²) in [6.07, 6.45) is 0.0122. The average molecular weight is 306 g/mol. The van der Waals surface area contributed by atoms with E-state index in [1.54, 1.807) is 13.8 Å². The molecule has 0 spiro atoms. The molecule has 1 heterocycles. The third-order valence-electron chi connectivity index (χ3n) is 3.18. The van der Waals surface area contributed by atoms with E-state index in [0.717, 1.165) is 12.1 Å². The molecule has 116 valence electrons. The lowest BCUT2D eigenvalue weighted by Gasteiger charge is -2.10. The van der Waals surface area contributed by atoms with Gasteiger partial charge in [0.25, 0.3) is 0 Å². The van der Waals surface area contributed by atoms with Crippen LogP contribution in [0.25, 0.3) is 0 Å². The van der Waals surface area contributed by atoms with Crippen LogP contribution in [0.3, 0.4) is 0 Å². The van der Waals surface area contributed by atoms with Gasteiger partial charge in [-0.3, -0.25) is 4.79 Å². The number of benzene rings is 1. The summed E-state index contributed by atoms with van der Waals surface area (Å²) in [6.45, 7) is 3.42. The van der Waals surface area contributed by atoms with Gasteiger partial charge in [0.1, 0.15) is 11.6 Å². The van der Waals surface area contributed by atoms with Crippen LogP contribution in [-0.2, 0) is 16.0 Å². The number of rotatable bonds is 4. The van der Waals surface area contributed by atoms with Gasteiger partial charge in [-0.2, -0.15) is 0 Å². The number of carbonyl (C=O) groups is 2. The van der Waals surface area contributed by atoms with Crippen LogP contribution in [-0.4, -0.2) is 24.1 Å². The van der Waals surface area contributed by atoms with Crippen LogP contribution >= 0.6 is 0 Å². The lowest BCUT2D eigenvalue weighted by Crippen LogP contribution is -2.18. The Morgan fingerprint density at radius 3 is 2.68 bits per heavy atom. The molecule has 0 aliphatic heterocycles. The van der Waals surface area contributed by atoms with Crippen molar-refractivity contribution in [1.29, 1.82) is 0 Å². The minimum Gasteiger partial charge on any atom is -0.465 e. The first kappa shape index (κ1) is 15.7. The second-order valence-corrected chi connectivity index (χ2v) is 4.71. The normalized spacial score (nSPS) is 10.4. The predicted molar refractivity (Wildman–Crippen MR) is 76.1 cm³/mol. The highest BCUT2D eigenvalue weighted by atomic mass is 19.1. The van der Waals surface area contributed by atoms with Gasteiger partial charge in [-0.15, -0.1) is 0 Å². The largest absolute Gasteiger partial charge is 0.465 e. The zero-order valence-corrected chi connectivity index (χ0v) is 12.4. The van der Waals surface area contributed by atoms with Crippen molar-refractivity contribution < 1.29 is 23.2 Å². The van der Waals surface area contributed by atoms with Crippen LogP contribution in [0.1, 0.15) is 27.4 Å². The number of nitrogens with one attached hydrogen (secondary N) is 1. The van der Waals surface area contributed by atoms with Crippen molar-refractivity contribution in [2.75, 3.05) is 12.4 Å². The summed E-state index contributed by atoms with van der Waals surface area (Å²) in [5, 5.41) is 6.27. The summed E-state index contributed by atoms with van der Waals surface area (Å²) < 4.78 is 22.9. The molecule has 0 unspecified atom stereocenters. The molecule has 1 aromatic carbocycles. The van der Waals surface area contributed by atoms with Crippen LogP contribution in [0.5, 0.6) is 0 Å². The first-order valence-corrected chi connectivity index (χ1v) is 6.52. The zero-order chi connectivity index (χ0) is 16.3. The highest BCUT2D eigenvalue weighted by Crippen LogP contribution is 2.20. The van der Waals surface area contributed by atoms with Crippen molar-refractivity contribution in [3.8, 4) is 0 Å². The number of hydrogen-bond donors (Lipinski definition) is 1. The number of aromatic nitrogens is 1. The van der Waals surface area contributed by atoms with Crippen molar-refractivity contribution in [1.82, 2.24) is 5.16 Å². The van der Waals surface area contributed by atoms with E-state index in [2.05, 4.69) is 15.2 Å². The number of nitrogens with zero attached hydrogens (tertiary/aromatic N) is 1. The van der Waals surface area contributed by atoms with E-state index >= 15 is 0 Å². The Hall–Kier alpha value is -2.70. The predicted octanol–water partition coefficient (Wildman–Crippen LogP) is 2.40. The van der Waals surface area contributed by atoms with Gasteiger partial charge in [-0.25, -0.2) is 9.18 Å². The monoisotopic (exact) mass is 306 g/mol. The molecule has 2 aromatic rings. The molecule has 0 bridgehead atoms. The van der Waals surface area contributed by atoms with Crippen molar-refractivity contribution in [3.05, 3.63) is 46.6 Å². The van der Waals surface area contributed by atoms with Gasteiger partial charge < -0.3 is 14.6 Å². The average Bonchev–Trinajstić information content (AvgIpc) is 2.78. The maximum absolute atomic E-state index is 13.3. The van der Waals surface area contributed by atoms with Gasteiger partial charge in [0.05, 0.1) is 30.5 Å². The number of hydrogen-bond acceptors (Lipinski definition) is 5. The minimum atomic E-state index is -0.660. The molecule has 1 amide bonds. The molecule has 0 fully saturated rings. The fourth-order valence-corrected chi connectivity index (χ4v) is 2.02. The number of aryl methyl sites for hydroxylation is 2. The Labute approximate surface area is 126 Å². The number of carbonyl (C=O) groups excluding carboxylic acids is 2. The zero-order valence-electron chi connectivity index (χ0n) is 12.4. The van der Waals surface area contributed by atoms with E-state index in [1.165, 1.54) is 13.2 Å². The molecule has 6 nitrogen and oxygen atoms in total. The summed E-state index contributed by atoms with van der Waals surface area (Å²) in [4.78, 5) is 23.7. The second kappa shape index (κ2) is 6.38. The first-order valence-electron chi connectivity index (χ1n) is 6.52. The van der Waals surface area contributed by atoms with Gasteiger partial charge >= 0.3 is 5.97 Å². The number of halogens is 1. The van der Waals surface area contributed by atoms with Crippen molar-refractivity contribution in [3.63, 3.8) is 0 Å². The maximum atomic E-state index is 13.3. The number of ether oxygens (including phenoxy) is 1. The van der Waals surface area contributed by atoms with E-state index in [9.17, 15) is 14.0 Å². The molecule has 1 N–H and O–H groups in total. The molecular weight excluding hydrogens is 291 g/mol. The molecule has 0 saturated heterocycles. The number of anilines is 1. The molecule has 2 rings (SSSR count). The Balaban J connectivity index is 2.21. The lowest BCUT2D eigenvalue weighted by molar-refractivity contribution is -0.115. The molecule has 1 aromatic heterocycles. The van der Waals surface area contributed by atoms with E-state index in [0.29, 0.717) is 17.0 Å². The van der Waals surface area contributed by atoms with Crippen molar-refractivity contribution in [2.24, 2.45) is 0 Å². The Morgan fingerprint density at radius 2 is 2.09 bits per heavy atom. The molecule has 0 saturated carbocycles. The van der Waals surface area contributed by atoms with E-state index < -0.39 is 17.7 Å². The summed E-state index contributed by atoms with van der Waals surface area (Å²) in [6, 6.07) is 3.44. The summed E-state index contributed by atoms with van der Waals surface area (Å²) in [5.74, 6) is -1.10. The minimum absolute atomic E-state index is 0.0122. The highest BCUT2D eigenvalue weighted by molar-refractivity contribution is 6.01.